The Morgan fingerprint density at radius 1 is 1.60 bits per heavy atom. The average Bonchev–Trinajstić information content (AvgIpc) is 2.98. The lowest BCUT2D eigenvalue weighted by molar-refractivity contribution is -0.0490. The van der Waals surface area contributed by atoms with Gasteiger partial charge in [-0.25, -0.2) is 13.8 Å². The van der Waals surface area contributed by atoms with Gasteiger partial charge in [-0.05, 0) is 25.2 Å². The molecule has 0 aliphatic rings. The Morgan fingerprint density at radius 2 is 2.35 bits per heavy atom. The van der Waals surface area contributed by atoms with E-state index in [9.17, 15) is 8.78 Å². The third kappa shape index (κ3) is 3.69. The molecule has 2 aromatic rings. The van der Waals surface area contributed by atoms with Crippen LogP contribution < -0.4 is 5.32 Å². The number of H-pyrrole nitrogens is 1. The number of halogens is 2. The number of aliphatic hydroxyl groups is 1. The SMILES string of the molecule is CSc1nc2[nH]cc(CC(C)NCC(F)(F)CO)c2s1. The van der Waals surface area contributed by atoms with Gasteiger partial charge in [-0.3, -0.25) is 0 Å². The molecule has 4 nitrogen and oxygen atoms in total. The lowest BCUT2D eigenvalue weighted by atomic mass is 10.1. The predicted molar refractivity (Wildman–Crippen MR) is 79.0 cm³/mol. The van der Waals surface area contributed by atoms with Crippen LogP contribution in [0.4, 0.5) is 8.78 Å². The van der Waals surface area contributed by atoms with E-state index in [4.69, 9.17) is 5.11 Å². The molecule has 0 amide bonds. The first-order valence-corrected chi connectivity index (χ1v) is 8.22. The Labute approximate surface area is 124 Å². The molecule has 0 saturated heterocycles. The van der Waals surface area contributed by atoms with Crippen molar-refractivity contribution >= 4 is 33.4 Å². The van der Waals surface area contributed by atoms with E-state index in [2.05, 4.69) is 15.3 Å². The molecule has 20 heavy (non-hydrogen) atoms. The molecule has 112 valence electrons. The number of fused-ring (bicyclic) bond motifs is 1. The lowest BCUT2D eigenvalue weighted by Crippen LogP contribution is -2.40. The molecule has 1 atom stereocenters. The molecular weight excluding hydrogens is 304 g/mol. The quantitative estimate of drug-likeness (QED) is 0.686. The fourth-order valence-electron chi connectivity index (χ4n) is 1.86. The van der Waals surface area contributed by atoms with Crippen LogP contribution in [0.5, 0.6) is 0 Å². The number of nitrogens with one attached hydrogen (secondary N) is 2. The molecule has 0 bridgehead atoms. The van der Waals surface area contributed by atoms with E-state index in [1.165, 1.54) is 0 Å². The highest BCUT2D eigenvalue weighted by Gasteiger charge is 2.27. The second-order valence-corrected chi connectivity index (χ2v) is 6.73. The Kier molecular flexibility index (Phi) is 5.00. The van der Waals surface area contributed by atoms with Gasteiger partial charge >= 0.3 is 0 Å². The summed E-state index contributed by atoms with van der Waals surface area (Å²) in [6, 6.07) is -0.105. The van der Waals surface area contributed by atoms with E-state index in [1.54, 1.807) is 23.1 Å². The third-order valence-electron chi connectivity index (χ3n) is 2.92. The summed E-state index contributed by atoms with van der Waals surface area (Å²) in [5, 5.41) is 11.3. The molecule has 0 spiro atoms. The van der Waals surface area contributed by atoms with E-state index in [-0.39, 0.29) is 6.04 Å². The van der Waals surface area contributed by atoms with Crippen LogP contribution in [-0.2, 0) is 6.42 Å². The maximum absolute atomic E-state index is 13.0. The van der Waals surface area contributed by atoms with E-state index in [0.717, 1.165) is 20.3 Å². The topological polar surface area (TPSA) is 60.9 Å². The lowest BCUT2D eigenvalue weighted by Gasteiger charge is -2.18. The van der Waals surface area contributed by atoms with Crippen molar-refractivity contribution in [1.82, 2.24) is 15.3 Å². The summed E-state index contributed by atoms with van der Waals surface area (Å²) < 4.78 is 28.0. The molecule has 2 rings (SSSR count). The summed E-state index contributed by atoms with van der Waals surface area (Å²) in [6.07, 6.45) is 4.48. The second-order valence-electron chi connectivity index (χ2n) is 4.68. The van der Waals surface area contributed by atoms with Gasteiger partial charge in [-0.15, -0.1) is 11.3 Å². The molecule has 1 unspecified atom stereocenters. The zero-order valence-corrected chi connectivity index (χ0v) is 12.9. The van der Waals surface area contributed by atoms with Gasteiger partial charge in [-0.2, -0.15) is 0 Å². The number of nitrogens with zero attached hydrogens (tertiary/aromatic N) is 1. The van der Waals surface area contributed by atoms with Crippen molar-refractivity contribution in [1.29, 1.82) is 0 Å². The molecule has 2 heterocycles. The number of thioether (sulfide) groups is 1. The van der Waals surface area contributed by atoms with Crippen LogP contribution in [0.2, 0.25) is 0 Å². The monoisotopic (exact) mass is 321 g/mol. The van der Waals surface area contributed by atoms with Crippen LogP contribution in [0, 0.1) is 0 Å². The Morgan fingerprint density at radius 3 is 3.00 bits per heavy atom. The number of rotatable bonds is 7. The summed E-state index contributed by atoms with van der Waals surface area (Å²) in [5.41, 5.74) is 1.92. The Hall–Kier alpha value is -0.700. The molecule has 8 heteroatoms. The van der Waals surface area contributed by atoms with Crippen molar-refractivity contribution in [2.45, 2.75) is 29.6 Å². The largest absolute Gasteiger partial charge is 0.390 e. The maximum Gasteiger partial charge on any atom is 0.282 e. The van der Waals surface area contributed by atoms with Crippen LogP contribution in [0.25, 0.3) is 10.3 Å². The van der Waals surface area contributed by atoms with Gasteiger partial charge in [0.1, 0.15) is 12.3 Å². The van der Waals surface area contributed by atoms with E-state index in [0.29, 0.717) is 6.42 Å². The molecule has 0 aromatic carbocycles. The van der Waals surface area contributed by atoms with Crippen LogP contribution in [0.3, 0.4) is 0 Å². The summed E-state index contributed by atoms with van der Waals surface area (Å²) in [4.78, 5) is 7.51. The number of alkyl halides is 2. The van der Waals surface area contributed by atoms with Crippen molar-refractivity contribution in [3.8, 4) is 0 Å². The van der Waals surface area contributed by atoms with Gasteiger partial charge in [0.15, 0.2) is 4.34 Å². The molecule has 0 radical (unpaired) electrons. The maximum atomic E-state index is 13.0. The molecule has 0 aliphatic carbocycles. The number of aromatic amines is 1. The molecular formula is C12H17F2N3OS2. The molecule has 0 aliphatic heterocycles. The van der Waals surface area contributed by atoms with Crippen molar-refractivity contribution in [2.24, 2.45) is 0 Å². The Bertz CT molecular complexity index is 570. The number of aromatic nitrogens is 2. The molecule has 0 saturated carbocycles. The van der Waals surface area contributed by atoms with Crippen LogP contribution in [0.15, 0.2) is 10.5 Å². The van der Waals surface area contributed by atoms with Gasteiger partial charge in [0.05, 0.1) is 11.2 Å². The number of hydrogen-bond acceptors (Lipinski definition) is 5. The number of aliphatic hydroxyl groups excluding tert-OH is 1. The summed E-state index contributed by atoms with van der Waals surface area (Å²) in [6.45, 7) is 0.201. The fraction of sp³-hybridized carbons (Fsp3) is 0.583. The van der Waals surface area contributed by atoms with Gasteiger partial charge in [0.2, 0.25) is 0 Å². The number of hydrogen-bond donors (Lipinski definition) is 3. The third-order valence-corrected chi connectivity index (χ3v) is 5.04. The first-order chi connectivity index (χ1) is 9.45. The van der Waals surface area contributed by atoms with Gasteiger partial charge in [0, 0.05) is 12.2 Å². The first-order valence-electron chi connectivity index (χ1n) is 6.18. The molecule has 2 aromatic heterocycles. The van der Waals surface area contributed by atoms with Gasteiger partial charge in [-0.1, -0.05) is 11.8 Å². The fourth-order valence-corrected chi connectivity index (χ4v) is 3.41. The average molecular weight is 321 g/mol. The van der Waals surface area contributed by atoms with Gasteiger partial charge in [0.25, 0.3) is 5.92 Å². The summed E-state index contributed by atoms with van der Waals surface area (Å²) >= 11 is 3.19. The smallest absolute Gasteiger partial charge is 0.282 e. The van der Waals surface area contributed by atoms with E-state index < -0.39 is 19.1 Å². The second kappa shape index (κ2) is 6.38. The minimum atomic E-state index is -3.07. The van der Waals surface area contributed by atoms with Crippen LogP contribution in [-0.4, -0.2) is 46.4 Å². The first kappa shape index (κ1) is 15.7. The summed E-state index contributed by atoms with van der Waals surface area (Å²) in [5.74, 6) is -3.07. The predicted octanol–water partition coefficient (Wildman–Crippen LogP) is 2.49. The van der Waals surface area contributed by atoms with Gasteiger partial charge < -0.3 is 15.4 Å². The minimum absolute atomic E-state index is 0.105. The van der Waals surface area contributed by atoms with E-state index >= 15 is 0 Å². The van der Waals surface area contributed by atoms with E-state index in [1.807, 2.05) is 19.4 Å². The molecule has 3 N–H and O–H groups in total. The van der Waals surface area contributed by atoms with Crippen molar-refractivity contribution in [3.63, 3.8) is 0 Å². The normalized spacial score (nSPS) is 14.1. The highest BCUT2D eigenvalue weighted by molar-refractivity contribution is 8.00. The standard InChI is InChI=1S/C12H17F2N3OS2/c1-7(16-5-12(13,14)6-18)3-8-4-15-10-9(8)20-11(17-10)19-2/h4,7,15-16,18H,3,5-6H2,1-2H3. The van der Waals surface area contributed by atoms with Crippen molar-refractivity contribution in [2.75, 3.05) is 19.4 Å². The Balaban J connectivity index is 1.99. The van der Waals surface area contributed by atoms with Crippen molar-refractivity contribution < 1.29 is 13.9 Å². The highest BCUT2D eigenvalue weighted by atomic mass is 32.2. The van der Waals surface area contributed by atoms with Crippen molar-refractivity contribution in [3.05, 3.63) is 11.8 Å². The zero-order chi connectivity index (χ0) is 14.8. The zero-order valence-electron chi connectivity index (χ0n) is 11.2. The van der Waals surface area contributed by atoms with Crippen LogP contribution in [0.1, 0.15) is 12.5 Å². The molecule has 0 fully saturated rings. The highest BCUT2D eigenvalue weighted by Crippen LogP contribution is 2.30. The minimum Gasteiger partial charge on any atom is -0.390 e. The summed E-state index contributed by atoms with van der Waals surface area (Å²) in [7, 11) is 0. The number of thiazole rings is 1. The van der Waals surface area contributed by atoms with Crippen LogP contribution >= 0.6 is 23.1 Å².